The average molecular weight is 436 g/mol. The van der Waals surface area contributed by atoms with Gasteiger partial charge in [-0.3, -0.25) is 0 Å². The molecular weight excluding hydrogens is 417 g/mol. The summed E-state index contributed by atoms with van der Waals surface area (Å²) in [6.45, 7) is 0.625. The molecule has 0 saturated heterocycles. The van der Waals surface area contributed by atoms with Gasteiger partial charge in [0, 0.05) is 10.9 Å². The lowest BCUT2D eigenvalue weighted by molar-refractivity contribution is -0.274. The van der Waals surface area contributed by atoms with Crippen molar-refractivity contribution in [3.05, 3.63) is 65.2 Å². The zero-order valence-electron chi connectivity index (χ0n) is 15.9. The van der Waals surface area contributed by atoms with E-state index in [1.54, 1.807) is 7.11 Å². The van der Waals surface area contributed by atoms with Crippen molar-refractivity contribution in [1.82, 2.24) is 10.3 Å². The maximum Gasteiger partial charge on any atom is 0.573 e. The van der Waals surface area contributed by atoms with Crippen molar-refractivity contribution in [2.45, 2.75) is 19.5 Å². The van der Waals surface area contributed by atoms with E-state index in [4.69, 9.17) is 10.5 Å². The van der Waals surface area contributed by atoms with E-state index in [0.29, 0.717) is 12.1 Å². The molecule has 0 spiro atoms. The third kappa shape index (κ3) is 6.38. The number of hydrogen-bond donors (Lipinski definition) is 2. The van der Waals surface area contributed by atoms with Gasteiger partial charge in [0.15, 0.2) is 5.96 Å². The fourth-order valence-corrected chi connectivity index (χ4v) is 3.29. The Morgan fingerprint density at radius 1 is 1.10 bits per heavy atom. The van der Waals surface area contributed by atoms with Crippen molar-refractivity contribution < 1.29 is 22.6 Å². The van der Waals surface area contributed by atoms with Crippen LogP contribution in [0.1, 0.15) is 11.3 Å². The number of methoxy groups -OCH3 is 1. The molecule has 3 rings (SSSR count). The van der Waals surface area contributed by atoms with Crippen LogP contribution in [0.2, 0.25) is 0 Å². The molecule has 3 N–H and O–H groups in total. The molecule has 1 aromatic heterocycles. The second kappa shape index (κ2) is 9.49. The lowest BCUT2D eigenvalue weighted by Gasteiger charge is -2.09. The molecule has 0 unspecified atom stereocenters. The molecule has 0 aliphatic heterocycles. The quantitative estimate of drug-likeness (QED) is 0.426. The van der Waals surface area contributed by atoms with Gasteiger partial charge in [0.1, 0.15) is 16.5 Å². The van der Waals surface area contributed by atoms with Crippen LogP contribution in [-0.2, 0) is 13.1 Å². The van der Waals surface area contributed by atoms with Gasteiger partial charge < -0.3 is 20.5 Å². The van der Waals surface area contributed by atoms with Gasteiger partial charge >= 0.3 is 6.36 Å². The minimum absolute atomic E-state index is 0.213. The number of aromatic nitrogens is 1. The number of benzene rings is 2. The molecule has 10 heteroatoms. The van der Waals surface area contributed by atoms with Crippen LogP contribution in [0.5, 0.6) is 11.5 Å². The van der Waals surface area contributed by atoms with Crippen molar-refractivity contribution in [3.8, 4) is 22.1 Å². The van der Waals surface area contributed by atoms with E-state index < -0.39 is 6.36 Å². The third-order valence-corrected chi connectivity index (χ3v) is 4.87. The molecule has 0 aliphatic carbocycles. The number of nitrogens with one attached hydrogen (secondary N) is 1. The first kappa shape index (κ1) is 21.4. The molecule has 2 aromatic carbocycles. The van der Waals surface area contributed by atoms with Crippen molar-refractivity contribution >= 4 is 17.3 Å². The van der Waals surface area contributed by atoms with E-state index in [0.717, 1.165) is 22.0 Å². The van der Waals surface area contributed by atoms with Crippen LogP contribution in [0.15, 0.2) is 58.9 Å². The van der Waals surface area contributed by atoms with Crippen molar-refractivity contribution in [2.75, 3.05) is 7.11 Å². The van der Waals surface area contributed by atoms with Crippen LogP contribution in [0.4, 0.5) is 13.2 Å². The monoisotopic (exact) mass is 436 g/mol. The van der Waals surface area contributed by atoms with Crippen LogP contribution in [-0.4, -0.2) is 24.4 Å². The molecule has 0 atom stereocenters. The highest BCUT2D eigenvalue weighted by Gasteiger charge is 2.30. The van der Waals surface area contributed by atoms with Gasteiger partial charge in [0.05, 0.1) is 25.9 Å². The Morgan fingerprint density at radius 2 is 1.77 bits per heavy atom. The molecular formula is C20H19F3N4O2S. The maximum absolute atomic E-state index is 12.2. The second-order valence-corrected chi connectivity index (χ2v) is 6.98. The maximum atomic E-state index is 12.2. The molecule has 6 nitrogen and oxygen atoms in total. The Bertz CT molecular complexity index is 987. The summed E-state index contributed by atoms with van der Waals surface area (Å²) in [6.07, 6.45) is -4.71. The SMILES string of the molecule is COc1ccc(-c2nc(CNC(N)=NCc3ccc(OC(F)(F)F)cc3)cs2)cc1. The van der Waals surface area contributed by atoms with E-state index in [2.05, 4.69) is 20.0 Å². The molecule has 0 saturated carbocycles. The van der Waals surface area contributed by atoms with Gasteiger partial charge in [0.2, 0.25) is 0 Å². The zero-order chi connectivity index (χ0) is 21.6. The lowest BCUT2D eigenvalue weighted by Crippen LogP contribution is -2.31. The Kier molecular flexibility index (Phi) is 6.78. The first-order chi connectivity index (χ1) is 14.3. The number of nitrogens with zero attached hydrogens (tertiary/aromatic N) is 2. The Hall–Kier alpha value is -3.27. The van der Waals surface area contributed by atoms with E-state index in [1.165, 1.54) is 35.6 Å². The number of thiazole rings is 1. The first-order valence-corrected chi connectivity index (χ1v) is 9.67. The lowest BCUT2D eigenvalue weighted by atomic mass is 10.2. The minimum atomic E-state index is -4.71. The van der Waals surface area contributed by atoms with E-state index in [9.17, 15) is 13.2 Å². The standard InChI is InChI=1S/C20H19F3N4O2S/c1-28-16-8-4-14(5-9-16)18-27-15(12-30-18)11-26-19(24)25-10-13-2-6-17(7-3-13)29-20(21,22)23/h2-9,12H,10-11H2,1H3,(H3,24,25,26). The summed E-state index contributed by atoms with van der Waals surface area (Å²) in [5.74, 6) is 0.714. The summed E-state index contributed by atoms with van der Waals surface area (Å²) < 4.78 is 45.5. The van der Waals surface area contributed by atoms with E-state index >= 15 is 0 Å². The fraction of sp³-hybridized carbons (Fsp3) is 0.200. The highest BCUT2D eigenvalue weighted by atomic mass is 32.1. The number of nitrogens with two attached hydrogens (primary N) is 1. The van der Waals surface area contributed by atoms with Gasteiger partial charge in [-0.15, -0.1) is 24.5 Å². The molecule has 158 valence electrons. The van der Waals surface area contributed by atoms with Gasteiger partial charge in [-0.2, -0.15) is 0 Å². The highest BCUT2D eigenvalue weighted by Crippen LogP contribution is 2.26. The van der Waals surface area contributed by atoms with Gasteiger partial charge in [-0.25, -0.2) is 9.98 Å². The largest absolute Gasteiger partial charge is 0.573 e. The molecule has 3 aromatic rings. The van der Waals surface area contributed by atoms with E-state index in [-0.39, 0.29) is 18.3 Å². The normalized spacial score (nSPS) is 11.9. The van der Waals surface area contributed by atoms with Crippen molar-refractivity contribution in [2.24, 2.45) is 10.7 Å². The fourth-order valence-electron chi connectivity index (χ4n) is 2.46. The number of aliphatic imine (C=N–C) groups is 1. The summed E-state index contributed by atoms with van der Waals surface area (Å²) in [5.41, 5.74) is 8.37. The number of alkyl halides is 3. The summed E-state index contributed by atoms with van der Waals surface area (Å²) >= 11 is 1.52. The second-order valence-electron chi connectivity index (χ2n) is 6.12. The minimum Gasteiger partial charge on any atom is -0.497 e. The third-order valence-electron chi connectivity index (χ3n) is 3.93. The predicted octanol–water partition coefficient (Wildman–Crippen LogP) is 4.32. The zero-order valence-corrected chi connectivity index (χ0v) is 16.8. The van der Waals surface area contributed by atoms with E-state index in [1.807, 2.05) is 29.6 Å². The van der Waals surface area contributed by atoms with Gasteiger partial charge in [-0.1, -0.05) is 12.1 Å². The highest BCUT2D eigenvalue weighted by molar-refractivity contribution is 7.13. The van der Waals surface area contributed by atoms with Crippen LogP contribution in [0, 0.1) is 0 Å². The Labute approximate surface area is 175 Å². The topological polar surface area (TPSA) is 81.8 Å². The summed E-state index contributed by atoms with van der Waals surface area (Å²) in [7, 11) is 1.62. The number of rotatable bonds is 7. The summed E-state index contributed by atoms with van der Waals surface area (Å²) in [4.78, 5) is 8.74. The van der Waals surface area contributed by atoms with Crippen molar-refractivity contribution in [3.63, 3.8) is 0 Å². The van der Waals surface area contributed by atoms with Crippen LogP contribution < -0.4 is 20.5 Å². The summed E-state index contributed by atoms with van der Waals surface area (Å²) in [5, 5.41) is 5.78. The molecule has 0 bridgehead atoms. The first-order valence-electron chi connectivity index (χ1n) is 8.80. The molecule has 30 heavy (non-hydrogen) atoms. The van der Waals surface area contributed by atoms with Gasteiger partial charge in [0.25, 0.3) is 0 Å². The molecule has 0 amide bonds. The van der Waals surface area contributed by atoms with Crippen LogP contribution >= 0.6 is 11.3 Å². The molecule has 0 aliphatic rings. The Morgan fingerprint density at radius 3 is 2.40 bits per heavy atom. The van der Waals surface area contributed by atoms with Crippen LogP contribution in [0.25, 0.3) is 10.6 Å². The number of ether oxygens (including phenoxy) is 2. The number of halogens is 3. The Balaban J connectivity index is 1.51. The molecule has 0 fully saturated rings. The smallest absolute Gasteiger partial charge is 0.497 e. The average Bonchev–Trinajstić information content (AvgIpc) is 3.20. The number of guanidine groups is 1. The van der Waals surface area contributed by atoms with Gasteiger partial charge in [-0.05, 0) is 42.0 Å². The van der Waals surface area contributed by atoms with Crippen LogP contribution in [0.3, 0.4) is 0 Å². The predicted molar refractivity (Wildman–Crippen MR) is 109 cm³/mol. The molecule has 1 heterocycles. The number of hydrogen-bond acceptors (Lipinski definition) is 5. The summed E-state index contributed by atoms with van der Waals surface area (Å²) in [6, 6.07) is 13.1. The molecule has 0 radical (unpaired) electrons. The van der Waals surface area contributed by atoms with Crippen molar-refractivity contribution in [1.29, 1.82) is 0 Å².